The molecule has 0 spiro atoms. The molecule has 1 heterocycles. The summed E-state index contributed by atoms with van der Waals surface area (Å²) in [5.74, 6) is -1.24. The molecule has 1 aromatic heterocycles. The van der Waals surface area contributed by atoms with Crippen molar-refractivity contribution in [3.63, 3.8) is 0 Å². The van der Waals surface area contributed by atoms with Crippen LogP contribution in [-0.2, 0) is 6.18 Å². The van der Waals surface area contributed by atoms with Crippen molar-refractivity contribution in [1.29, 1.82) is 0 Å². The number of aromatic nitrogens is 1. The normalized spacial score (nSPS) is 11.1. The predicted molar refractivity (Wildman–Crippen MR) is 38.5 cm³/mol. The van der Waals surface area contributed by atoms with Gasteiger partial charge in [0.05, 0.1) is 11.1 Å². The van der Waals surface area contributed by atoms with Crippen LogP contribution >= 0.6 is 0 Å². The molecule has 1 aromatic rings. The van der Waals surface area contributed by atoms with E-state index < -0.39 is 23.2 Å². The van der Waals surface area contributed by atoms with Crippen LogP contribution in [0.25, 0.3) is 0 Å². The fourth-order valence-corrected chi connectivity index (χ4v) is 0.883. The van der Waals surface area contributed by atoms with Crippen LogP contribution in [0.4, 0.5) is 13.2 Å². The van der Waals surface area contributed by atoms with E-state index in [0.29, 0.717) is 6.07 Å². The number of hydrogen-bond acceptors (Lipinski definition) is 3. The average molecular weight is 206 g/mol. The maximum absolute atomic E-state index is 12.3. The Morgan fingerprint density at radius 3 is 2.64 bits per heavy atom. The summed E-state index contributed by atoms with van der Waals surface area (Å²) in [6.07, 6.45) is -3.00. The predicted octanol–water partition coefficient (Wildman–Crippen LogP) is 1.22. The average Bonchev–Trinajstić information content (AvgIpc) is 2.15. The first-order valence-electron chi connectivity index (χ1n) is 3.42. The minimum absolute atomic E-state index is 0.657. The van der Waals surface area contributed by atoms with Crippen molar-refractivity contribution in [2.75, 3.05) is 0 Å². The third-order valence-electron chi connectivity index (χ3n) is 1.47. The minimum atomic E-state index is -4.65. The minimum Gasteiger partial charge on any atom is -0.288 e. The molecule has 0 saturated heterocycles. The summed E-state index contributed by atoms with van der Waals surface area (Å²) in [6, 6.07) is 0.657. The van der Waals surface area contributed by atoms with E-state index in [-0.39, 0.29) is 0 Å². The van der Waals surface area contributed by atoms with Crippen LogP contribution in [-0.4, -0.2) is 16.1 Å². The Morgan fingerprint density at radius 2 is 2.14 bits per heavy atom. The summed E-state index contributed by atoms with van der Waals surface area (Å²) in [4.78, 5) is 14.1. The van der Waals surface area contributed by atoms with Gasteiger partial charge in [-0.3, -0.25) is 15.0 Å². The number of nitrogens with zero attached hydrogens (tertiary/aromatic N) is 1. The van der Waals surface area contributed by atoms with Crippen molar-refractivity contribution < 1.29 is 23.2 Å². The van der Waals surface area contributed by atoms with Crippen molar-refractivity contribution in [1.82, 2.24) is 10.5 Å². The number of alkyl halides is 3. The second-order valence-electron chi connectivity index (χ2n) is 2.36. The molecular weight excluding hydrogens is 201 g/mol. The maximum Gasteiger partial charge on any atom is 0.417 e. The van der Waals surface area contributed by atoms with Gasteiger partial charge in [0.1, 0.15) is 0 Å². The summed E-state index contributed by atoms with van der Waals surface area (Å²) < 4.78 is 36.8. The fourth-order valence-electron chi connectivity index (χ4n) is 0.883. The van der Waals surface area contributed by atoms with Crippen molar-refractivity contribution in [3.05, 3.63) is 29.6 Å². The molecule has 2 N–H and O–H groups in total. The Balaban J connectivity index is 3.23. The Labute approximate surface area is 76.3 Å². The molecule has 0 aliphatic carbocycles. The molecule has 76 valence electrons. The number of carbonyl (C=O) groups excluding carboxylic acids is 1. The van der Waals surface area contributed by atoms with E-state index in [1.807, 2.05) is 0 Å². The second-order valence-corrected chi connectivity index (χ2v) is 2.36. The molecule has 14 heavy (non-hydrogen) atoms. The number of hydroxylamine groups is 1. The van der Waals surface area contributed by atoms with Gasteiger partial charge in [0.2, 0.25) is 0 Å². The van der Waals surface area contributed by atoms with Crippen LogP contribution in [0.15, 0.2) is 18.5 Å². The van der Waals surface area contributed by atoms with Crippen molar-refractivity contribution in [2.45, 2.75) is 6.18 Å². The van der Waals surface area contributed by atoms with E-state index in [4.69, 9.17) is 5.21 Å². The van der Waals surface area contributed by atoms with Crippen molar-refractivity contribution in [3.8, 4) is 0 Å². The maximum atomic E-state index is 12.3. The second kappa shape index (κ2) is 3.62. The molecule has 0 unspecified atom stereocenters. The number of nitrogens with one attached hydrogen (secondary N) is 1. The van der Waals surface area contributed by atoms with Crippen LogP contribution in [0.5, 0.6) is 0 Å². The van der Waals surface area contributed by atoms with Crippen LogP contribution in [0.3, 0.4) is 0 Å². The highest BCUT2D eigenvalue weighted by molar-refractivity contribution is 5.94. The topological polar surface area (TPSA) is 62.2 Å². The van der Waals surface area contributed by atoms with Gasteiger partial charge in [0, 0.05) is 12.4 Å². The van der Waals surface area contributed by atoms with Crippen molar-refractivity contribution >= 4 is 5.91 Å². The molecule has 1 amide bonds. The SMILES string of the molecule is O=C(NO)c1cnccc1C(F)(F)F. The number of pyridine rings is 1. The number of amides is 1. The van der Waals surface area contributed by atoms with E-state index in [1.54, 1.807) is 0 Å². The lowest BCUT2D eigenvalue weighted by molar-refractivity contribution is -0.138. The Bertz CT molecular complexity index is 351. The molecule has 0 atom stereocenters. The fraction of sp³-hybridized carbons (Fsp3) is 0.143. The van der Waals surface area contributed by atoms with Gasteiger partial charge in [0.25, 0.3) is 5.91 Å². The lowest BCUT2D eigenvalue weighted by atomic mass is 10.1. The molecule has 4 nitrogen and oxygen atoms in total. The van der Waals surface area contributed by atoms with Gasteiger partial charge in [0.15, 0.2) is 0 Å². The van der Waals surface area contributed by atoms with Crippen molar-refractivity contribution in [2.24, 2.45) is 0 Å². The molecule has 0 aliphatic heterocycles. The third-order valence-corrected chi connectivity index (χ3v) is 1.47. The Morgan fingerprint density at radius 1 is 1.50 bits per heavy atom. The van der Waals surface area contributed by atoms with Crippen LogP contribution in [0, 0.1) is 0 Å². The molecule has 0 aromatic carbocycles. The number of carbonyl (C=O) groups is 1. The van der Waals surface area contributed by atoms with E-state index in [0.717, 1.165) is 17.9 Å². The summed E-state index contributed by atoms with van der Waals surface area (Å²) in [7, 11) is 0. The number of rotatable bonds is 1. The molecule has 0 fully saturated rings. The smallest absolute Gasteiger partial charge is 0.288 e. The van der Waals surface area contributed by atoms with E-state index in [2.05, 4.69) is 4.98 Å². The Hall–Kier alpha value is -1.63. The van der Waals surface area contributed by atoms with E-state index >= 15 is 0 Å². The zero-order valence-electron chi connectivity index (χ0n) is 6.67. The first kappa shape index (κ1) is 10.5. The molecule has 1 rings (SSSR count). The monoisotopic (exact) mass is 206 g/mol. The van der Waals surface area contributed by atoms with Crippen LogP contribution < -0.4 is 5.48 Å². The third kappa shape index (κ3) is 1.99. The summed E-state index contributed by atoms with van der Waals surface area (Å²) in [6.45, 7) is 0. The summed E-state index contributed by atoms with van der Waals surface area (Å²) >= 11 is 0. The van der Waals surface area contributed by atoms with Gasteiger partial charge in [-0.25, -0.2) is 5.48 Å². The van der Waals surface area contributed by atoms with Gasteiger partial charge < -0.3 is 0 Å². The van der Waals surface area contributed by atoms with E-state index in [9.17, 15) is 18.0 Å². The van der Waals surface area contributed by atoms with Gasteiger partial charge >= 0.3 is 6.18 Å². The number of hydrogen-bond donors (Lipinski definition) is 2. The highest BCUT2D eigenvalue weighted by Gasteiger charge is 2.35. The lowest BCUT2D eigenvalue weighted by Crippen LogP contribution is -2.23. The lowest BCUT2D eigenvalue weighted by Gasteiger charge is -2.09. The first-order valence-corrected chi connectivity index (χ1v) is 3.42. The standard InChI is InChI=1S/C7H5F3N2O2/c8-7(9,10)5-1-2-11-3-4(5)6(13)12-14/h1-3,14H,(H,12,13). The highest BCUT2D eigenvalue weighted by Crippen LogP contribution is 2.31. The van der Waals surface area contributed by atoms with Crippen LogP contribution in [0.1, 0.15) is 15.9 Å². The summed E-state index contributed by atoms with van der Waals surface area (Å²) in [5, 5.41) is 8.18. The quantitative estimate of drug-likeness (QED) is 0.536. The van der Waals surface area contributed by atoms with Gasteiger partial charge in [-0.15, -0.1) is 0 Å². The first-order chi connectivity index (χ1) is 6.46. The highest BCUT2D eigenvalue weighted by atomic mass is 19.4. The molecular formula is C7H5F3N2O2. The molecule has 0 aliphatic rings. The largest absolute Gasteiger partial charge is 0.417 e. The number of halogens is 3. The molecule has 7 heteroatoms. The molecule has 0 bridgehead atoms. The molecule has 0 radical (unpaired) electrons. The van der Waals surface area contributed by atoms with Gasteiger partial charge in [-0.1, -0.05) is 0 Å². The van der Waals surface area contributed by atoms with Gasteiger partial charge in [-0.2, -0.15) is 13.2 Å². The zero-order valence-corrected chi connectivity index (χ0v) is 6.67. The van der Waals surface area contributed by atoms with Crippen LogP contribution in [0.2, 0.25) is 0 Å². The summed E-state index contributed by atoms with van der Waals surface area (Å²) in [5.41, 5.74) is -0.745. The Kier molecular flexibility index (Phi) is 2.70. The molecule has 0 saturated carbocycles. The van der Waals surface area contributed by atoms with E-state index in [1.165, 1.54) is 0 Å². The van der Waals surface area contributed by atoms with Gasteiger partial charge in [-0.05, 0) is 6.07 Å². The zero-order chi connectivity index (χ0) is 10.8.